The summed E-state index contributed by atoms with van der Waals surface area (Å²) in [5.41, 5.74) is 1.07. The third-order valence-corrected chi connectivity index (χ3v) is 2.75. The summed E-state index contributed by atoms with van der Waals surface area (Å²) in [4.78, 5) is 0. The number of fused-ring (bicyclic) bond motifs is 1. The Labute approximate surface area is 100 Å². The number of aromatic nitrogens is 1. The first-order chi connectivity index (χ1) is 8.31. The quantitative estimate of drug-likeness (QED) is 0.777. The maximum absolute atomic E-state index is 13.0. The minimum absolute atomic E-state index is 0.187. The lowest BCUT2D eigenvalue weighted by atomic mass is 10.2. The number of benzene rings is 1. The number of ether oxygens (including phenoxy) is 1. The Balaban J connectivity index is 1.95. The van der Waals surface area contributed by atoms with Crippen LogP contribution in [0, 0.1) is 5.82 Å². The van der Waals surface area contributed by atoms with Crippen LogP contribution in [0.25, 0.3) is 10.9 Å². The molecule has 0 aliphatic heterocycles. The Hall–Kier alpha value is -1.39. The molecule has 1 aromatic carbocycles. The third kappa shape index (κ3) is 3.05. The van der Waals surface area contributed by atoms with Gasteiger partial charge in [-0.25, -0.2) is 4.39 Å². The van der Waals surface area contributed by atoms with Crippen LogP contribution in [0.15, 0.2) is 30.5 Å². The number of hydrogen-bond donors (Lipinski definition) is 1. The molecule has 92 valence electrons. The van der Waals surface area contributed by atoms with Gasteiger partial charge in [0.05, 0.1) is 6.61 Å². The molecule has 3 nitrogen and oxygen atoms in total. The molecule has 0 saturated heterocycles. The van der Waals surface area contributed by atoms with Gasteiger partial charge in [-0.05, 0) is 24.3 Å². The summed E-state index contributed by atoms with van der Waals surface area (Å²) < 4.78 is 20.1. The highest BCUT2D eigenvalue weighted by Crippen LogP contribution is 2.16. The molecule has 0 unspecified atom stereocenters. The zero-order valence-corrected chi connectivity index (χ0v) is 9.95. The van der Waals surface area contributed by atoms with Gasteiger partial charge in [0.2, 0.25) is 0 Å². The SMILES string of the molecule is COCCNCCn1ccc2cc(F)ccc21. The maximum Gasteiger partial charge on any atom is 0.123 e. The second-order valence-electron chi connectivity index (χ2n) is 3.96. The lowest BCUT2D eigenvalue weighted by Crippen LogP contribution is -2.23. The molecule has 0 amide bonds. The van der Waals surface area contributed by atoms with Crippen LogP contribution in [0.5, 0.6) is 0 Å². The molecular weight excluding hydrogens is 219 g/mol. The zero-order chi connectivity index (χ0) is 12.1. The van der Waals surface area contributed by atoms with E-state index in [2.05, 4.69) is 9.88 Å². The van der Waals surface area contributed by atoms with Crippen molar-refractivity contribution in [2.45, 2.75) is 6.54 Å². The van der Waals surface area contributed by atoms with Gasteiger partial charge in [0.15, 0.2) is 0 Å². The van der Waals surface area contributed by atoms with Gasteiger partial charge in [0.25, 0.3) is 0 Å². The topological polar surface area (TPSA) is 26.2 Å². The standard InChI is InChI=1S/C13H17FN2O/c1-17-9-6-15-5-8-16-7-4-11-10-12(14)2-3-13(11)16/h2-4,7,10,15H,5-6,8-9H2,1H3. The smallest absolute Gasteiger partial charge is 0.123 e. The van der Waals surface area contributed by atoms with Crippen LogP contribution in [0.3, 0.4) is 0 Å². The predicted molar refractivity (Wildman–Crippen MR) is 66.6 cm³/mol. The fourth-order valence-corrected chi connectivity index (χ4v) is 1.86. The van der Waals surface area contributed by atoms with Crippen molar-refractivity contribution in [3.05, 3.63) is 36.3 Å². The maximum atomic E-state index is 13.0. The predicted octanol–water partition coefficient (Wildman–Crippen LogP) is 2.02. The van der Waals surface area contributed by atoms with Crippen LogP contribution in [0.4, 0.5) is 4.39 Å². The summed E-state index contributed by atoms with van der Waals surface area (Å²) in [5, 5.41) is 4.23. The molecular formula is C13H17FN2O. The van der Waals surface area contributed by atoms with E-state index in [-0.39, 0.29) is 5.82 Å². The second-order valence-corrected chi connectivity index (χ2v) is 3.96. The van der Waals surface area contributed by atoms with Crippen LogP contribution in [0.1, 0.15) is 0 Å². The highest BCUT2D eigenvalue weighted by atomic mass is 19.1. The highest BCUT2D eigenvalue weighted by molar-refractivity contribution is 5.80. The molecule has 1 aromatic heterocycles. The lowest BCUT2D eigenvalue weighted by molar-refractivity contribution is 0.199. The second kappa shape index (κ2) is 5.80. The first kappa shape index (κ1) is 12.1. The number of halogens is 1. The Bertz CT molecular complexity index is 481. The Kier molecular flexibility index (Phi) is 4.12. The number of nitrogens with one attached hydrogen (secondary N) is 1. The van der Waals surface area contributed by atoms with E-state index in [1.54, 1.807) is 13.2 Å². The van der Waals surface area contributed by atoms with E-state index in [0.29, 0.717) is 0 Å². The summed E-state index contributed by atoms with van der Waals surface area (Å²) in [6.45, 7) is 3.32. The minimum Gasteiger partial charge on any atom is -0.383 e. The van der Waals surface area contributed by atoms with E-state index in [1.807, 2.05) is 18.3 Å². The molecule has 0 aliphatic rings. The first-order valence-corrected chi connectivity index (χ1v) is 5.75. The molecule has 0 bridgehead atoms. The molecule has 2 aromatic rings. The normalized spacial score (nSPS) is 11.2. The van der Waals surface area contributed by atoms with Crippen molar-refractivity contribution in [1.29, 1.82) is 0 Å². The van der Waals surface area contributed by atoms with Crippen molar-refractivity contribution in [2.75, 3.05) is 26.8 Å². The Morgan fingerprint density at radius 1 is 1.29 bits per heavy atom. The summed E-state index contributed by atoms with van der Waals surface area (Å²) in [7, 11) is 1.69. The molecule has 17 heavy (non-hydrogen) atoms. The Morgan fingerprint density at radius 2 is 2.18 bits per heavy atom. The lowest BCUT2D eigenvalue weighted by Gasteiger charge is -2.07. The Morgan fingerprint density at radius 3 is 3.00 bits per heavy atom. The molecule has 4 heteroatoms. The largest absolute Gasteiger partial charge is 0.383 e. The van der Waals surface area contributed by atoms with Crippen molar-refractivity contribution >= 4 is 10.9 Å². The molecule has 0 saturated carbocycles. The van der Waals surface area contributed by atoms with E-state index in [4.69, 9.17) is 4.74 Å². The van der Waals surface area contributed by atoms with E-state index >= 15 is 0 Å². The molecule has 0 radical (unpaired) electrons. The van der Waals surface area contributed by atoms with Crippen LogP contribution >= 0.6 is 0 Å². The number of methoxy groups -OCH3 is 1. The van der Waals surface area contributed by atoms with Crippen molar-refractivity contribution < 1.29 is 9.13 Å². The molecule has 0 aliphatic carbocycles. The zero-order valence-electron chi connectivity index (χ0n) is 9.95. The van der Waals surface area contributed by atoms with Crippen molar-refractivity contribution in [3.8, 4) is 0 Å². The fourth-order valence-electron chi connectivity index (χ4n) is 1.86. The van der Waals surface area contributed by atoms with Gasteiger partial charge in [-0.1, -0.05) is 0 Å². The third-order valence-electron chi connectivity index (χ3n) is 2.75. The molecule has 0 atom stereocenters. The van der Waals surface area contributed by atoms with E-state index in [9.17, 15) is 4.39 Å². The van der Waals surface area contributed by atoms with Gasteiger partial charge in [0, 0.05) is 43.8 Å². The summed E-state index contributed by atoms with van der Waals surface area (Å²) >= 11 is 0. The average Bonchev–Trinajstić information content (AvgIpc) is 2.71. The molecule has 1 heterocycles. The molecule has 0 fully saturated rings. The molecule has 2 rings (SSSR count). The van der Waals surface area contributed by atoms with Crippen LogP contribution < -0.4 is 5.32 Å². The van der Waals surface area contributed by atoms with Crippen molar-refractivity contribution in [3.63, 3.8) is 0 Å². The number of nitrogens with zero attached hydrogens (tertiary/aromatic N) is 1. The van der Waals surface area contributed by atoms with Gasteiger partial charge in [-0.2, -0.15) is 0 Å². The van der Waals surface area contributed by atoms with Crippen LogP contribution in [-0.2, 0) is 11.3 Å². The summed E-state index contributed by atoms with van der Waals surface area (Å²) in [6.07, 6.45) is 1.99. The fraction of sp³-hybridized carbons (Fsp3) is 0.385. The molecule has 1 N–H and O–H groups in total. The van der Waals surface area contributed by atoms with E-state index < -0.39 is 0 Å². The van der Waals surface area contributed by atoms with Gasteiger partial charge < -0.3 is 14.6 Å². The van der Waals surface area contributed by atoms with Crippen LogP contribution in [0.2, 0.25) is 0 Å². The first-order valence-electron chi connectivity index (χ1n) is 5.75. The van der Waals surface area contributed by atoms with E-state index in [0.717, 1.165) is 37.1 Å². The summed E-state index contributed by atoms with van der Waals surface area (Å²) in [5.74, 6) is -0.187. The average molecular weight is 236 g/mol. The minimum atomic E-state index is -0.187. The van der Waals surface area contributed by atoms with Gasteiger partial charge in [-0.3, -0.25) is 0 Å². The van der Waals surface area contributed by atoms with Crippen molar-refractivity contribution in [1.82, 2.24) is 9.88 Å². The highest BCUT2D eigenvalue weighted by Gasteiger charge is 2.01. The summed E-state index contributed by atoms with van der Waals surface area (Å²) in [6, 6.07) is 6.81. The van der Waals surface area contributed by atoms with Crippen molar-refractivity contribution in [2.24, 2.45) is 0 Å². The van der Waals surface area contributed by atoms with Gasteiger partial charge in [0.1, 0.15) is 5.82 Å². The number of rotatable bonds is 6. The number of hydrogen-bond acceptors (Lipinski definition) is 2. The van der Waals surface area contributed by atoms with E-state index in [1.165, 1.54) is 6.07 Å². The molecule has 0 spiro atoms. The van der Waals surface area contributed by atoms with Gasteiger partial charge >= 0.3 is 0 Å². The monoisotopic (exact) mass is 236 g/mol. The van der Waals surface area contributed by atoms with Crippen LogP contribution in [-0.4, -0.2) is 31.4 Å². The van der Waals surface area contributed by atoms with Gasteiger partial charge in [-0.15, -0.1) is 0 Å².